The highest BCUT2D eigenvalue weighted by atomic mass is 79.9. The van der Waals surface area contributed by atoms with Gasteiger partial charge in [-0.2, -0.15) is 0 Å². The number of nitrogen functional groups attached to an aromatic ring is 1. The fourth-order valence-corrected chi connectivity index (χ4v) is 4.21. The number of amides is 1. The van der Waals surface area contributed by atoms with E-state index in [-0.39, 0.29) is 5.91 Å². The van der Waals surface area contributed by atoms with Crippen molar-refractivity contribution in [2.24, 2.45) is 5.41 Å². The van der Waals surface area contributed by atoms with E-state index in [1.165, 1.54) is 37.0 Å². The maximum Gasteiger partial charge on any atom is 0.263 e. The minimum Gasteiger partial charge on any atom is -0.397 e. The molecule has 21 heavy (non-hydrogen) atoms. The van der Waals surface area contributed by atoms with E-state index in [0.29, 0.717) is 16.0 Å². The molecule has 1 amide bonds. The van der Waals surface area contributed by atoms with Crippen molar-refractivity contribution < 1.29 is 4.79 Å². The SMILES string of the molecule is CCCC1(CNC(=O)c2sc3ccc(Br)cc3c2N)CC1. The first-order valence-electron chi connectivity index (χ1n) is 7.30. The van der Waals surface area contributed by atoms with Crippen molar-refractivity contribution in [1.29, 1.82) is 0 Å². The summed E-state index contributed by atoms with van der Waals surface area (Å²) in [4.78, 5) is 13.0. The lowest BCUT2D eigenvalue weighted by molar-refractivity contribution is 0.0948. The molecule has 3 rings (SSSR count). The Morgan fingerprint density at radius 1 is 1.48 bits per heavy atom. The molecule has 2 aromatic rings. The van der Waals surface area contributed by atoms with Crippen molar-refractivity contribution in [3.05, 3.63) is 27.5 Å². The van der Waals surface area contributed by atoms with Crippen molar-refractivity contribution in [3.8, 4) is 0 Å². The molecule has 1 aliphatic carbocycles. The third-order valence-corrected chi connectivity index (χ3v) is 5.93. The highest BCUT2D eigenvalue weighted by Crippen LogP contribution is 2.49. The lowest BCUT2D eigenvalue weighted by atomic mass is 10.0. The summed E-state index contributed by atoms with van der Waals surface area (Å²) in [5.74, 6) is -0.0350. The number of rotatable bonds is 5. The topological polar surface area (TPSA) is 55.1 Å². The smallest absolute Gasteiger partial charge is 0.263 e. The Morgan fingerprint density at radius 2 is 2.24 bits per heavy atom. The number of fused-ring (bicyclic) bond motifs is 1. The Morgan fingerprint density at radius 3 is 2.90 bits per heavy atom. The second kappa shape index (κ2) is 5.61. The number of carbonyl (C=O) groups excluding carboxylic acids is 1. The first-order chi connectivity index (χ1) is 10.0. The molecule has 0 unspecified atom stereocenters. The maximum atomic E-state index is 12.4. The Bertz CT molecular complexity index is 691. The Balaban J connectivity index is 1.77. The fourth-order valence-electron chi connectivity index (χ4n) is 2.83. The van der Waals surface area contributed by atoms with E-state index >= 15 is 0 Å². The zero-order valence-electron chi connectivity index (χ0n) is 12.0. The van der Waals surface area contributed by atoms with Crippen LogP contribution in [0.25, 0.3) is 10.1 Å². The molecular formula is C16H19BrN2OS. The average Bonchev–Trinajstić information content (AvgIpc) is 3.16. The molecule has 1 heterocycles. The number of hydrogen-bond acceptors (Lipinski definition) is 3. The minimum absolute atomic E-state index is 0.0350. The quantitative estimate of drug-likeness (QED) is 0.814. The predicted molar refractivity (Wildman–Crippen MR) is 92.8 cm³/mol. The molecule has 0 aliphatic heterocycles. The lowest BCUT2D eigenvalue weighted by Crippen LogP contribution is -2.30. The van der Waals surface area contributed by atoms with Gasteiger partial charge in [0, 0.05) is 21.1 Å². The van der Waals surface area contributed by atoms with E-state index in [2.05, 4.69) is 28.2 Å². The highest BCUT2D eigenvalue weighted by Gasteiger charge is 2.41. The largest absolute Gasteiger partial charge is 0.397 e. The van der Waals surface area contributed by atoms with Crippen LogP contribution in [0.3, 0.4) is 0 Å². The van der Waals surface area contributed by atoms with Gasteiger partial charge in [-0.1, -0.05) is 29.3 Å². The molecule has 1 aliphatic rings. The molecule has 1 aromatic heterocycles. The molecule has 112 valence electrons. The summed E-state index contributed by atoms with van der Waals surface area (Å²) in [5.41, 5.74) is 7.10. The van der Waals surface area contributed by atoms with Crippen LogP contribution < -0.4 is 11.1 Å². The summed E-state index contributed by atoms with van der Waals surface area (Å²) >= 11 is 4.91. The second-order valence-corrected chi connectivity index (χ2v) is 7.89. The summed E-state index contributed by atoms with van der Waals surface area (Å²) in [7, 11) is 0. The molecular weight excluding hydrogens is 348 g/mol. The number of nitrogens with two attached hydrogens (primary N) is 1. The number of halogens is 1. The molecule has 0 atom stereocenters. The van der Waals surface area contributed by atoms with Crippen molar-refractivity contribution in [2.75, 3.05) is 12.3 Å². The first-order valence-corrected chi connectivity index (χ1v) is 8.91. The van der Waals surface area contributed by atoms with Gasteiger partial charge in [-0.15, -0.1) is 11.3 Å². The second-order valence-electron chi connectivity index (χ2n) is 5.92. The average molecular weight is 367 g/mol. The van der Waals surface area contributed by atoms with Crippen molar-refractivity contribution in [3.63, 3.8) is 0 Å². The van der Waals surface area contributed by atoms with E-state index < -0.39 is 0 Å². The van der Waals surface area contributed by atoms with Gasteiger partial charge in [0.25, 0.3) is 5.91 Å². The van der Waals surface area contributed by atoms with E-state index in [4.69, 9.17) is 5.73 Å². The third kappa shape index (κ3) is 2.94. The summed E-state index contributed by atoms with van der Waals surface area (Å²) in [6.45, 7) is 2.97. The summed E-state index contributed by atoms with van der Waals surface area (Å²) in [5, 5.41) is 4.04. The van der Waals surface area contributed by atoms with Crippen molar-refractivity contribution in [2.45, 2.75) is 32.6 Å². The van der Waals surface area contributed by atoms with Crippen LogP contribution in [0.2, 0.25) is 0 Å². The molecule has 5 heteroatoms. The molecule has 0 spiro atoms. The van der Waals surface area contributed by atoms with Gasteiger partial charge in [0.1, 0.15) is 4.88 Å². The Labute approximate surface area is 137 Å². The Kier molecular flexibility index (Phi) is 3.97. The zero-order valence-corrected chi connectivity index (χ0v) is 14.4. The number of nitrogens with one attached hydrogen (secondary N) is 1. The molecule has 0 bridgehead atoms. The molecule has 1 saturated carbocycles. The minimum atomic E-state index is -0.0350. The van der Waals surface area contributed by atoms with Crippen LogP contribution in [0.1, 0.15) is 42.3 Å². The van der Waals surface area contributed by atoms with Crippen LogP contribution in [-0.2, 0) is 0 Å². The molecule has 3 nitrogen and oxygen atoms in total. The fraction of sp³-hybridized carbons (Fsp3) is 0.438. The van der Waals surface area contributed by atoms with E-state index in [0.717, 1.165) is 21.1 Å². The van der Waals surface area contributed by atoms with Gasteiger partial charge < -0.3 is 11.1 Å². The monoisotopic (exact) mass is 366 g/mol. The number of hydrogen-bond donors (Lipinski definition) is 2. The maximum absolute atomic E-state index is 12.4. The summed E-state index contributed by atoms with van der Waals surface area (Å²) in [6.07, 6.45) is 4.84. The van der Waals surface area contributed by atoms with Crippen LogP contribution in [0.5, 0.6) is 0 Å². The van der Waals surface area contributed by atoms with Gasteiger partial charge in [-0.25, -0.2) is 0 Å². The standard InChI is InChI=1S/C16H19BrN2OS/c1-2-5-16(6-7-16)9-19-15(20)14-13(18)11-8-10(17)3-4-12(11)21-14/h3-4,8H,2,5-7,9,18H2,1H3,(H,19,20). The van der Waals surface area contributed by atoms with Crippen molar-refractivity contribution >= 4 is 48.9 Å². The van der Waals surface area contributed by atoms with Gasteiger partial charge >= 0.3 is 0 Å². The molecule has 0 radical (unpaired) electrons. The lowest BCUT2D eigenvalue weighted by Gasteiger charge is -2.14. The van der Waals surface area contributed by atoms with Gasteiger partial charge in [0.05, 0.1) is 5.69 Å². The zero-order chi connectivity index (χ0) is 15.0. The molecule has 0 saturated heterocycles. The number of thiophene rings is 1. The van der Waals surface area contributed by atoms with E-state index in [1.807, 2.05) is 18.2 Å². The van der Waals surface area contributed by atoms with Gasteiger partial charge in [-0.3, -0.25) is 4.79 Å². The van der Waals surface area contributed by atoms with Crippen LogP contribution in [0.4, 0.5) is 5.69 Å². The van der Waals surface area contributed by atoms with E-state index in [9.17, 15) is 4.79 Å². The van der Waals surface area contributed by atoms with Gasteiger partial charge in [0.2, 0.25) is 0 Å². The Hall–Kier alpha value is -1.07. The summed E-state index contributed by atoms with van der Waals surface area (Å²) < 4.78 is 2.03. The van der Waals surface area contributed by atoms with Crippen LogP contribution in [0.15, 0.2) is 22.7 Å². The first kappa shape index (κ1) is 14.9. The molecule has 1 fully saturated rings. The van der Waals surface area contributed by atoms with Crippen molar-refractivity contribution in [1.82, 2.24) is 5.32 Å². The number of anilines is 1. The predicted octanol–water partition coefficient (Wildman–Crippen LogP) is 4.56. The highest BCUT2D eigenvalue weighted by molar-refractivity contribution is 9.10. The van der Waals surface area contributed by atoms with E-state index in [1.54, 1.807) is 0 Å². The van der Waals surface area contributed by atoms with Crippen LogP contribution >= 0.6 is 27.3 Å². The number of carbonyl (C=O) groups is 1. The molecule has 1 aromatic carbocycles. The molecule has 3 N–H and O–H groups in total. The van der Waals surface area contributed by atoms with Gasteiger partial charge in [0.15, 0.2) is 0 Å². The third-order valence-electron chi connectivity index (χ3n) is 4.26. The van der Waals surface area contributed by atoms with Crippen LogP contribution in [0, 0.1) is 5.41 Å². The normalized spacial score (nSPS) is 16.1. The summed E-state index contributed by atoms with van der Waals surface area (Å²) in [6, 6.07) is 5.94. The number of benzene rings is 1. The van der Waals surface area contributed by atoms with Crippen LogP contribution in [-0.4, -0.2) is 12.5 Å². The van der Waals surface area contributed by atoms with Gasteiger partial charge in [-0.05, 0) is 42.9 Å².